The number of aromatic hydroxyl groups is 1. The van der Waals surface area contributed by atoms with Crippen LogP contribution < -0.4 is 21.1 Å². The largest absolute Gasteiger partial charge is 0.508 e. The predicted octanol–water partition coefficient (Wildman–Crippen LogP) is 2.11. The van der Waals surface area contributed by atoms with E-state index >= 15 is 0 Å². The molecule has 226 valence electrons. The minimum absolute atomic E-state index is 0.0881. The summed E-state index contributed by atoms with van der Waals surface area (Å²) >= 11 is 0. The molecule has 1 aliphatic rings. The van der Waals surface area contributed by atoms with Crippen molar-refractivity contribution in [3.8, 4) is 11.5 Å². The summed E-state index contributed by atoms with van der Waals surface area (Å²) in [6.45, 7) is 4.42. The van der Waals surface area contributed by atoms with Gasteiger partial charge in [0.05, 0.1) is 22.8 Å². The lowest BCUT2D eigenvalue weighted by atomic mass is 9.97. The van der Waals surface area contributed by atoms with E-state index in [0.717, 1.165) is 0 Å². The van der Waals surface area contributed by atoms with Gasteiger partial charge in [-0.15, -0.1) is 0 Å². The fourth-order valence-corrected chi connectivity index (χ4v) is 4.45. The normalized spacial score (nSPS) is 13.6. The van der Waals surface area contributed by atoms with Crippen molar-refractivity contribution >= 4 is 34.6 Å². The number of amides is 1. The number of hydrogen-bond acceptors (Lipinski definition) is 8. The van der Waals surface area contributed by atoms with Crippen molar-refractivity contribution in [3.63, 3.8) is 0 Å². The Morgan fingerprint density at radius 2 is 1.81 bits per heavy atom. The number of ether oxygens (including phenoxy) is 1. The molecular weight excluding hydrogens is 555 g/mol. The minimum Gasteiger partial charge on any atom is -0.508 e. The number of aromatic nitrogens is 2. The van der Waals surface area contributed by atoms with E-state index in [2.05, 4.69) is 10.6 Å². The number of carbonyl (C=O) groups excluding carboxylic acids is 1. The molecule has 0 saturated carbocycles. The average Bonchev–Trinajstić information content (AvgIpc) is 3.14. The number of aliphatic carboxylic acids is 2. The number of aryl methyl sites for hydroxylation is 2. The number of anilines is 1. The van der Waals surface area contributed by atoms with Crippen LogP contribution in [0.25, 0.3) is 11.0 Å². The molecule has 4 rings (SSSR count). The Kier molecular flexibility index (Phi) is 10.1. The number of phenolic OH excluding ortho intramolecular Hbond substituents is 1. The number of carbonyl (C=O) groups is 3. The van der Waals surface area contributed by atoms with Gasteiger partial charge in [0, 0.05) is 49.5 Å². The number of phenols is 1. The molecule has 2 aromatic carbocycles. The van der Waals surface area contributed by atoms with Gasteiger partial charge in [-0.1, -0.05) is 0 Å². The van der Waals surface area contributed by atoms with Crippen molar-refractivity contribution in [2.75, 3.05) is 18.5 Å². The molecule has 3 aromatic rings. The second-order valence-corrected chi connectivity index (χ2v) is 10.3. The number of aliphatic hydroxyl groups is 1. The van der Waals surface area contributed by atoms with Gasteiger partial charge in [-0.2, -0.15) is 0 Å². The van der Waals surface area contributed by atoms with Crippen LogP contribution in [0.1, 0.15) is 38.4 Å². The van der Waals surface area contributed by atoms with Gasteiger partial charge in [0.25, 0.3) is 5.91 Å². The summed E-state index contributed by atoms with van der Waals surface area (Å²) in [6.07, 6.45) is 1.47. The molecule has 0 unspecified atom stereocenters. The van der Waals surface area contributed by atoms with Gasteiger partial charge in [0.2, 0.25) is 0 Å². The number of hydrogen-bond donors (Lipinski definition) is 6. The van der Waals surface area contributed by atoms with E-state index < -0.39 is 18.0 Å². The molecule has 0 spiro atoms. The summed E-state index contributed by atoms with van der Waals surface area (Å²) in [5.74, 6) is -2.98. The molecule has 1 aliphatic heterocycles. The van der Waals surface area contributed by atoms with Gasteiger partial charge < -0.3 is 35.8 Å². The van der Waals surface area contributed by atoms with Crippen LogP contribution in [0.2, 0.25) is 0 Å². The van der Waals surface area contributed by atoms with E-state index in [-0.39, 0.29) is 41.9 Å². The Morgan fingerprint density at radius 1 is 1.14 bits per heavy atom. The van der Waals surface area contributed by atoms with Crippen LogP contribution in [0.4, 0.5) is 10.1 Å². The number of carboxylic acids is 2. The van der Waals surface area contributed by atoms with Crippen molar-refractivity contribution in [1.29, 1.82) is 0 Å². The van der Waals surface area contributed by atoms with Gasteiger partial charge in [0.15, 0.2) is 6.61 Å². The quantitative estimate of drug-likeness (QED) is 0.191. The van der Waals surface area contributed by atoms with Gasteiger partial charge >= 0.3 is 17.6 Å². The van der Waals surface area contributed by atoms with Crippen LogP contribution >= 0.6 is 0 Å². The third-order valence-corrected chi connectivity index (χ3v) is 6.52. The van der Waals surface area contributed by atoms with Gasteiger partial charge in [-0.05, 0) is 51.0 Å². The molecule has 0 fully saturated rings. The molecule has 13 nitrogen and oxygen atoms in total. The zero-order valence-electron chi connectivity index (χ0n) is 23.3. The Bertz CT molecular complexity index is 1560. The number of imidazole rings is 1. The van der Waals surface area contributed by atoms with Crippen molar-refractivity contribution in [3.05, 3.63) is 64.3 Å². The second kappa shape index (κ2) is 13.3. The topological polar surface area (TPSA) is 192 Å². The Balaban J connectivity index is 0.000000531. The van der Waals surface area contributed by atoms with Crippen molar-refractivity contribution < 1.29 is 43.9 Å². The smallest absolute Gasteiger partial charge is 0.328 e. The summed E-state index contributed by atoms with van der Waals surface area (Å²) in [6, 6.07) is 7.11. The van der Waals surface area contributed by atoms with E-state index in [9.17, 15) is 33.8 Å². The number of halogens is 1. The first-order chi connectivity index (χ1) is 19.7. The molecule has 1 aromatic heterocycles. The second-order valence-electron chi connectivity index (χ2n) is 10.3. The lowest BCUT2D eigenvalue weighted by molar-refractivity contribution is -0.134. The third kappa shape index (κ3) is 8.17. The number of nitrogens with one attached hydrogen (secondary N) is 2. The summed E-state index contributed by atoms with van der Waals surface area (Å²) in [5, 5.41) is 42.3. The van der Waals surface area contributed by atoms with E-state index in [4.69, 9.17) is 14.9 Å². The molecular formula is C28H33FN4O9. The maximum atomic E-state index is 13.7. The molecule has 0 radical (unpaired) electrons. The minimum atomic E-state index is -1.26. The van der Waals surface area contributed by atoms with Crippen LogP contribution in [0, 0.1) is 5.82 Å². The van der Waals surface area contributed by atoms with Crippen LogP contribution in [0.15, 0.2) is 47.3 Å². The highest BCUT2D eigenvalue weighted by molar-refractivity contribution is 5.96. The Labute approximate surface area is 239 Å². The number of nitrogens with zero attached hydrogens (tertiary/aromatic N) is 2. The van der Waals surface area contributed by atoms with Crippen LogP contribution in [0.3, 0.4) is 0 Å². The number of carboxylic acid groups (broad SMARTS) is 2. The average molecular weight is 589 g/mol. The van der Waals surface area contributed by atoms with Gasteiger partial charge in [-0.25, -0.2) is 18.8 Å². The molecule has 42 heavy (non-hydrogen) atoms. The molecule has 6 N–H and O–H groups in total. The summed E-state index contributed by atoms with van der Waals surface area (Å²) < 4.78 is 22.3. The first-order valence-corrected chi connectivity index (χ1v) is 12.9. The fourth-order valence-electron chi connectivity index (χ4n) is 4.45. The highest BCUT2D eigenvalue weighted by atomic mass is 19.1. The fraction of sp³-hybridized carbons (Fsp3) is 0.357. The van der Waals surface area contributed by atoms with E-state index in [1.807, 2.05) is 13.8 Å². The molecule has 1 atom stereocenters. The standard InChI is InChI=1S/C24H29FN4O5.C4H4O4/c1-24(2,7-4-8-29-19-9-14(25)5-6-18(19)28(3)23(29)33)26-12-20(31)16-10-15(30)11-17-22(16)34-13-21(32)27-17;5-3(6)1-2-4(7)8/h5-6,9-11,20,26,30-31H,4,7-8,12-13H2,1-3H3,(H,27,32);1-2H,(H,5,6)(H,7,8)/b;2-1-/t20-;/m0./s1. The summed E-state index contributed by atoms with van der Waals surface area (Å²) in [5.41, 5.74) is 1.37. The molecule has 0 bridgehead atoms. The van der Waals surface area contributed by atoms with Crippen LogP contribution in [0.5, 0.6) is 11.5 Å². The highest BCUT2D eigenvalue weighted by Gasteiger charge is 2.26. The summed E-state index contributed by atoms with van der Waals surface area (Å²) in [7, 11) is 1.67. The maximum absolute atomic E-state index is 13.7. The molecule has 0 aliphatic carbocycles. The Hall–Kier alpha value is -4.69. The first kappa shape index (κ1) is 31.8. The summed E-state index contributed by atoms with van der Waals surface area (Å²) in [4.78, 5) is 43.3. The van der Waals surface area contributed by atoms with Gasteiger partial charge in [0.1, 0.15) is 17.3 Å². The predicted molar refractivity (Wildman–Crippen MR) is 150 cm³/mol. The lowest BCUT2D eigenvalue weighted by Crippen LogP contribution is -2.42. The number of fused-ring (bicyclic) bond motifs is 2. The molecule has 0 saturated heterocycles. The van der Waals surface area contributed by atoms with Crippen molar-refractivity contribution in [2.45, 2.75) is 44.9 Å². The number of benzene rings is 2. The number of β-amino-alcohol motifs (C(OH)–C–C–N with tert-alkyl or cyclic N) is 1. The van der Waals surface area contributed by atoms with Crippen LogP contribution in [-0.2, 0) is 28.0 Å². The van der Waals surface area contributed by atoms with Crippen LogP contribution in [-0.4, -0.2) is 66.1 Å². The number of rotatable bonds is 10. The van der Waals surface area contributed by atoms with E-state index in [1.165, 1.54) is 28.8 Å². The maximum Gasteiger partial charge on any atom is 0.328 e. The molecule has 2 heterocycles. The molecule has 1 amide bonds. The first-order valence-electron chi connectivity index (χ1n) is 12.9. The van der Waals surface area contributed by atoms with Gasteiger partial charge in [-0.3, -0.25) is 13.9 Å². The van der Waals surface area contributed by atoms with Crippen molar-refractivity contribution in [2.24, 2.45) is 7.05 Å². The molecule has 14 heteroatoms. The number of aliphatic hydroxyl groups excluding tert-OH is 1. The zero-order valence-corrected chi connectivity index (χ0v) is 23.3. The SMILES string of the molecule is Cn1c(=O)n(CCCC(C)(C)NC[C@H](O)c2cc(O)cc3c2OCC(=O)N3)c2cc(F)ccc21.O=C(O)/C=C\C(=O)O. The monoisotopic (exact) mass is 588 g/mol. The van der Waals surface area contributed by atoms with E-state index in [0.29, 0.717) is 59.6 Å². The highest BCUT2D eigenvalue weighted by Crippen LogP contribution is 2.38. The lowest BCUT2D eigenvalue weighted by Gasteiger charge is -2.29. The third-order valence-electron chi connectivity index (χ3n) is 6.52. The van der Waals surface area contributed by atoms with E-state index in [1.54, 1.807) is 17.7 Å². The zero-order chi connectivity index (χ0) is 31.2. The van der Waals surface area contributed by atoms with Crippen molar-refractivity contribution in [1.82, 2.24) is 14.5 Å². The Morgan fingerprint density at radius 3 is 2.45 bits per heavy atom.